The number of hydrogen-bond acceptors (Lipinski definition) is 4. The van der Waals surface area contributed by atoms with Gasteiger partial charge in [0, 0.05) is 51.9 Å². The molecule has 1 fully saturated rings. The Morgan fingerprint density at radius 2 is 1.60 bits per heavy atom. The monoisotopic (exact) mass is 409 g/mol. The Balaban J connectivity index is 1.42. The molecule has 0 bridgehead atoms. The van der Waals surface area contributed by atoms with Gasteiger partial charge in [-0.25, -0.2) is 0 Å². The van der Waals surface area contributed by atoms with Crippen LogP contribution in [0.15, 0.2) is 59.6 Å². The number of carbonyl (C=O) groups excluding carboxylic acids is 1. The van der Waals surface area contributed by atoms with Gasteiger partial charge in [-0.05, 0) is 23.3 Å². The maximum atomic E-state index is 12.1. The lowest BCUT2D eigenvalue weighted by molar-refractivity contribution is 0.0341. The number of ether oxygens (including phenoxy) is 1. The summed E-state index contributed by atoms with van der Waals surface area (Å²) < 4.78 is 5.44. The molecule has 1 amide bonds. The summed E-state index contributed by atoms with van der Waals surface area (Å²) in [6.45, 7) is 6.28. The second kappa shape index (κ2) is 11.9. The summed E-state index contributed by atoms with van der Waals surface area (Å²) in [7, 11) is 1.75. The number of morpholine rings is 1. The fourth-order valence-corrected chi connectivity index (χ4v) is 3.33. The SMILES string of the molecule is CN=C(NCCNC(=O)c1ccccc1)NCc1ccccc1CN1CCOCC1. The van der Waals surface area contributed by atoms with E-state index < -0.39 is 0 Å². The molecule has 3 N–H and O–H groups in total. The van der Waals surface area contributed by atoms with Crippen LogP contribution in [0.5, 0.6) is 0 Å². The van der Waals surface area contributed by atoms with Crippen molar-refractivity contribution in [3.8, 4) is 0 Å². The molecule has 0 atom stereocenters. The van der Waals surface area contributed by atoms with E-state index in [0.29, 0.717) is 31.2 Å². The predicted molar refractivity (Wildman–Crippen MR) is 120 cm³/mol. The van der Waals surface area contributed by atoms with Gasteiger partial charge in [0.25, 0.3) is 5.91 Å². The first kappa shape index (κ1) is 21.8. The average Bonchev–Trinajstić information content (AvgIpc) is 2.80. The van der Waals surface area contributed by atoms with Crippen molar-refractivity contribution in [1.29, 1.82) is 0 Å². The highest BCUT2D eigenvalue weighted by Crippen LogP contribution is 2.13. The Hall–Kier alpha value is -2.90. The first-order chi connectivity index (χ1) is 14.8. The Bertz CT molecular complexity index is 819. The summed E-state index contributed by atoms with van der Waals surface area (Å²) >= 11 is 0. The number of amides is 1. The predicted octanol–water partition coefficient (Wildman–Crippen LogP) is 1.61. The number of guanidine groups is 1. The van der Waals surface area contributed by atoms with Crippen molar-refractivity contribution in [2.45, 2.75) is 13.1 Å². The standard InChI is InChI=1S/C23H31N5O2/c1-24-23(26-12-11-25-22(29)19-7-3-2-4-8-19)27-17-20-9-5-6-10-21(20)18-28-13-15-30-16-14-28/h2-10H,11-18H2,1H3,(H,25,29)(H2,24,26,27). The van der Waals surface area contributed by atoms with Gasteiger partial charge < -0.3 is 20.7 Å². The molecule has 0 unspecified atom stereocenters. The molecule has 0 radical (unpaired) electrons. The van der Waals surface area contributed by atoms with Gasteiger partial charge in [0.2, 0.25) is 0 Å². The minimum absolute atomic E-state index is 0.0719. The number of carbonyl (C=O) groups is 1. The van der Waals surface area contributed by atoms with E-state index in [4.69, 9.17) is 4.74 Å². The molecular formula is C23H31N5O2. The molecule has 1 aliphatic heterocycles. The third kappa shape index (κ3) is 6.86. The highest BCUT2D eigenvalue weighted by Gasteiger charge is 2.12. The Labute approximate surface area is 178 Å². The van der Waals surface area contributed by atoms with Crippen LogP contribution in [-0.2, 0) is 17.8 Å². The number of rotatable bonds is 8. The maximum absolute atomic E-state index is 12.1. The van der Waals surface area contributed by atoms with E-state index in [1.54, 1.807) is 19.2 Å². The van der Waals surface area contributed by atoms with Crippen LogP contribution in [0.25, 0.3) is 0 Å². The molecule has 0 aliphatic carbocycles. The molecule has 2 aromatic rings. The van der Waals surface area contributed by atoms with Crippen LogP contribution < -0.4 is 16.0 Å². The second-order valence-corrected chi connectivity index (χ2v) is 7.13. The quantitative estimate of drug-likeness (QED) is 0.351. The van der Waals surface area contributed by atoms with Crippen molar-refractivity contribution < 1.29 is 9.53 Å². The van der Waals surface area contributed by atoms with E-state index in [-0.39, 0.29) is 5.91 Å². The van der Waals surface area contributed by atoms with E-state index in [1.165, 1.54) is 11.1 Å². The molecule has 7 heteroatoms. The lowest BCUT2D eigenvalue weighted by Crippen LogP contribution is -2.41. The summed E-state index contributed by atoms with van der Waals surface area (Å²) in [5, 5.41) is 9.52. The molecule has 30 heavy (non-hydrogen) atoms. The van der Waals surface area contributed by atoms with Gasteiger partial charge in [-0.15, -0.1) is 0 Å². The Morgan fingerprint density at radius 3 is 2.33 bits per heavy atom. The van der Waals surface area contributed by atoms with Gasteiger partial charge in [-0.1, -0.05) is 42.5 Å². The van der Waals surface area contributed by atoms with E-state index in [2.05, 4.69) is 50.1 Å². The van der Waals surface area contributed by atoms with Gasteiger partial charge in [0.05, 0.1) is 13.2 Å². The summed E-state index contributed by atoms with van der Waals surface area (Å²) in [6, 6.07) is 17.7. The van der Waals surface area contributed by atoms with Crippen molar-refractivity contribution >= 4 is 11.9 Å². The van der Waals surface area contributed by atoms with E-state index in [9.17, 15) is 4.79 Å². The third-order valence-electron chi connectivity index (χ3n) is 5.02. The Morgan fingerprint density at radius 1 is 0.933 bits per heavy atom. The number of hydrogen-bond donors (Lipinski definition) is 3. The maximum Gasteiger partial charge on any atom is 0.251 e. The lowest BCUT2D eigenvalue weighted by Gasteiger charge is -2.27. The van der Waals surface area contributed by atoms with Crippen molar-refractivity contribution in [2.75, 3.05) is 46.4 Å². The van der Waals surface area contributed by atoms with Crippen LogP contribution in [0.4, 0.5) is 0 Å². The molecule has 7 nitrogen and oxygen atoms in total. The van der Waals surface area contributed by atoms with Crippen LogP contribution >= 0.6 is 0 Å². The van der Waals surface area contributed by atoms with Crippen LogP contribution in [0, 0.1) is 0 Å². The molecule has 1 heterocycles. The molecule has 3 rings (SSSR count). The number of nitrogens with zero attached hydrogens (tertiary/aromatic N) is 2. The van der Waals surface area contributed by atoms with Crippen molar-refractivity contribution in [1.82, 2.24) is 20.9 Å². The van der Waals surface area contributed by atoms with Crippen molar-refractivity contribution in [3.05, 3.63) is 71.3 Å². The molecule has 160 valence electrons. The molecule has 0 aromatic heterocycles. The summed E-state index contributed by atoms with van der Waals surface area (Å²) in [6.07, 6.45) is 0. The third-order valence-corrected chi connectivity index (χ3v) is 5.02. The largest absolute Gasteiger partial charge is 0.379 e. The van der Waals surface area contributed by atoms with Gasteiger partial charge in [-0.2, -0.15) is 0 Å². The Kier molecular flexibility index (Phi) is 8.68. The normalized spacial score (nSPS) is 14.9. The van der Waals surface area contributed by atoms with Crippen LogP contribution in [0.1, 0.15) is 21.5 Å². The summed E-state index contributed by atoms with van der Waals surface area (Å²) in [5.41, 5.74) is 3.23. The van der Waals surface area contributed by atoms with Crippen molar-refractivity contribution in [2.24, 2.45) is 4.99 Å². The lowest BCUT2D eigenvalue weighted by atomic mass is 10.1. The number of benzene rings is 2. The number of aliphatic imine (C=N–C) groups is 1. The summed E-state index contributed by atoms with van der Waals surface area (Å²) in [4.78, 5) is 18.8. The van der Waals surface area contributed by atoms with Gasteiger partial charge in [0.1, 0.15) is 0 Å². The molecule has 2 aromatic carbocycles. The minimum atomic E-state index is -0.0719. The molecule has 0 spiro atoms. The van der Waals surface area contributed by atoms with Crippen LogP contribution in [0.3, 0.4) is 0 Å². The van der Waals surface area contributed by atoms with Gasteiger partial charge in [0.15, 0.2) is 5.96 Å². The topological polar surface area (TPSA) is 78.0 Å². The highest BCUT2D eigenvalue weighted by molar-refractivity contribution is 5.94. The highest BCUT2D eigenvalue weighted by atomic mass is 16.5. The fraction of sp³-hybridized carbons (Fsp3) is 0.391. The number of nitrogens with one attached hydrogen (secondary N) is 3. The molecule has 1 aliphatic rings. The van der Waals surface area contributed by atoms with Crippen molar-refractivity contribution in [3.63, 3.8) is 0 Å². The zero-order valence-electron chi connectivity index (χ0n) is 17.6. The van der Waals surface area contributed by atoms with E-state index in [1.807, 2.05) is 18.2 Å². The smallest absolute Gasteiger partial charge is 0.251 e. The first-order valence-electron chi connectivity index (χ1n) is 10.4. The first-order valence-corrected chi connectivity index (χ1v) is 10.4. The zero-order valence-corrected chi connectivity index (χ0v) is 17.6. The molecule has 0 saturated carbocycles. The molecule has 1 saturated heterocycles. The minimum Gasteiger partial charge on any atom is -0.379 e. The average molecular weight is 410 g/mol. The van der Waals surface area contributed by atoms with Crippen LogP contribution in [0.2, 0.25) is 0 Å². The van der Waals surface area contributed by atoms with E-state index >= 15 is 0 Å². The summed E-state index contributed by atoms with van der Waals surface area (Å²) in [5.74, 6) is 0.641. The zero-order chi connectivity index (χ0) is 21.0. The van der Waals surface area contributed by atoms with Gasteiger partial charge in [-0.3, -0.25) is 14.7 Å². The van der Waals surface area contributed by atoms with Crippen LogP contribution in [-0.4, -0.2) is 63.2 Å². The second-order valence-electron chi connectivity index (χ2n) is 7.13. The molecular weight excluding hydrogens is 378 g/mol. The fourth-order valence-electron chi connectivity index (χ4n) is 3.33. The van der Waals surface area contributed by atoms with E-state index in [0.717, 1.165) is 32.8 Å². The van der Waals surface area contributed by atoms with Gasteiger partial charge >= 0.3 is 0 Å².